The average Bonchev–Trinajstić information content (AvgIpc) is 3.31. The number of carbonyl (C=O) groups is 1. The molecule has 1 fully saturated rings. The summed E-state index contributed by atoms with van der Waals surface area (Å²) in [5.41, 5.74) is 1.75. The Morgan fingerprint density at radius 3 is 2.59 bits per heavy atom. The molecule has 1 aliphatic carbocycles. The van der Waals surface area contributed by atoms with E-state index < -0.39 is 6.10 Å². The molecule has 114 valence electrons. The molecule has 2 aromatic rings. The van der Waals surface area contributed by atoms with Gasteiger partial charge in [-0.2, -0.15) is 0 Å². The SMILES string of the molecule is Cc1cc(Cl)ccc1OC(C(=O)NC1CC1)c1ccccc1. The minimum Gasteiger partial charge on any atom is -0.476 e. The molecule has 1 N–H and O–H groups in total. The minimum absolute atomic E-state index is 0.0944. The van der Waals surface area contributed by atoms with Gasteiger partial charge < -0.3 is 10.1 Å². The van der Waals surface area contributed by atoms with E-state index in [-0.39, 0.29) is 5.91 Å². The Kier molecular flexibility index (Phi) is 4.34. The molecule has 0 heterocycles. The largest absolute Gasteiger partial charge is 0.476 e. The number of amides is 1. The van der Waals surface area contributed by atoms with Crippen LogP contribution in [-0.2, 0) is 4.79 Å². The lowest BCUT2D eigenvalue weighted by molar-refractivity contribution is -0.128. The summed E-state index contributed by atoms with van der Waals surface area (Å²) >= 11 is 5.98. The van der Waals surface area contributed by atoms with Crippen LogP contribution in [0.4, 0.5) is 0 Å². The number of rotatable bonds is 5. The van der Waals surface area contributed by atoms with Crippen LogP contribution in [0.1, 0.15) is 30.1 Å². The fourth-order valence-electron chi connectivity index (χ4n) is 2.28. The highest BCUT2D eigenvalue weighted by Gasteiger charge is 2.29. The molecule has 0 aromatic heterocycles. The van der Waals surface area contributed by atoms with E-state index in [9.17, 15) is 4.79 Å². The van der Waals surface area contributed by atoms with Crippen molar-refractivity contribution in [3.05, 3.63) is 64.7 Å². The summed E-state index contributed by atoms with van der Waals surface area (Å²) in [6, 6.07) is 15.3. The smallest absolute Gasteiger partial charge is 0.266 e. The van der Waals surface area contributed by atoms with Gasteiger partial charge in [-0.3, -0.25) is 4.79 Å². The predicted octanol–water partition coefficient (Wildman–Crippen LogP) is 4.05. The van der Waals surface area contributed by atoms with Crippen molar-refractivity contribution in [3.8, 4) is 5.75 Å². The lowest BCUT2D eigenvalue weighted by Crippen LogP contribution is -2.34. The highest BCUT2D eigenvalue weighted by Crippen LogP contribution is 2.28. The van der Waals surface area contributed by atoms with Crippen molar-refractivity contribution in [1.82, 2.24) is 5.32 Å². The van der Waals surface area contributed by atoms with Crippen LogP contribution >= 0.6 is 11.6 Å². The molecule has 3 rings (SSSR count). The third kappa shape index (κ3) is 3.60. The maximum Gasteiger partial charge on any atom is 0.266 e. The average molecular weight is 316 g/mol. The first-order valence-electron chi connectivity index (χ1n) is 7.41. The zero-order chi connectivity index (χ0) is 15.5. The maximum absolute atomic E-state index is 12.5. The second-order valence-electron chi connectivity index (χ2n) is 5.60. The van der Waals surface area contributed by atoms with Crippen LogP contribution in [0.5, 0.6) is 5.75 Å². The second kappa shape index (κ2) is 6.41. The van der Waals surface area contributed by atoms with Crippen LogP contribution in [0.15, 0.2) is 48.5 Å². The Balaban J connectivity index is 1.85. The first-order valence-corrected chi connectivity index (χ1v) is 7.79. The van der Waals surface area contributed by atoms with Crippen LogP contribution in [-0.4, -0.2) is 11.9 Å². The molecule has 0 radical (unpaired) electrons. The van der Waals surface area contributed by atoms with E-state index in [1.54, 1.807) is 12.1 Å². The summed E-state index contributed by atoms with van der Waals surface area (Å²) in [6.45, 7) is 1.92. The third-order valence-electron chi connectivity index (χ3n) is 3.65. The van der Waals surface area contributed by atoms with Crippen LogP contribution in [0.25, 0.3) is 0 Å². The third-order valence-corrected chi connectivity index (χ3v) is 3.88. The molecule has 22 heavy (non-hydrogen) atoms. The summed E-state index contributed by atoms with van der Waals surface area (Å²) in [4.78, 5) is 12.5. The number of benzene rings is 2. The summed E-state index contributed by atoms with van der Waals surface area (Å²) < 4.78 is 6.01. The van der Waals surface area contributed by atoms with Crippen LogP contribution < -0.4 is 10.1 Å². The lowest BCUT2D eigenvalue weighted by atomic mass is 10.1. The number of aryl methyl sites for hydroxylation is 1. The number of carbonyl (C=O) groups excluding carboxylic acids is 1. The van der Waals surface area contributed by atoms with Crippen molar-refractivity contribution in [2.24, 2.45) is 0 Å². The summed E-state index contributed by atoms with van der Waals surface area (Å²) in [5.74, 6) is 0.576. The Bertz CT molecular complexity index is 668. The van der Waals surface area contributed by atoms with Gasteiger partial charge in [-0.1, -0.05) is 41.9 Å². The number of ether oxygens (including phenoxy) is 1. The number of halogens is 1. The molecule has 0 spiro atoms. The molecule has 1 aliphatic rings. The molecular weight excluding hydrogens is 298 g/mol. The van der Waals surface area contributed by atoms with Gasteiger partial charge in [-0.25, -0.2) is 0 Å². The van der Waals surface area contributed by atoms with Gasteiger partial charge >= 0.3 is 0 Å². The summed E-state index contributed by atoms with van der Waals surface area (Å²) in [7, 11) is 0. The minimum atomic E-state index is -0.651. The van der Waals surface area contributed by atoms with Gasteiger partial charge in [0.1, 0.15) is 5.75 Å². The van der Waals surface area contributed by atoms with Crippen molar-refractivity contribution in [3.63, 3.8) is 0 Å². The number of nitrogens with one attached hydrogen (secondary N) is 1. The molecule has 2 aromatic carbocycles. The van der Waals surface area contributed by atoms with Crippen molar-refractivity contribution >= 4 is 17.5 Å². The van der Waals surface area contributed by atoms with Crippen LogP contribution in [0.2, 0.25) is 5.02 Å². The highest BCUT2D eigenvalue weighted by atomic mass is 35.5. The van der Waals surface area contributed by atoms with Gasteiger partial charge in [-0.15, -0.1) is 0 Å². The van der Waals surface area contributed by atoms with Gasteiger partial charge in [0.15, 0.2) is 0 Å². The van der Waals surface area contributed by atoms with Crippen molar-refractivity contribution in [2.75, 3.05) is 0 Å². The molecule has 1 unspecified atom stereocenters. The number of hydrogen-bond donors (Lipinski definition) is 1. The van der Waals surface area contributed by atoms with Crippen molar-refractivity contribution in [1.29, 1.82) is 0 Å². The molecule has 1 amide bonds. The molecule has 4 heteroatoms. The Morgan fingerprint density at radius 1 is 1.23 bits per heavy atom. The first-order chi connectivity index (χ1) is 10.6. The van der Waals surface area contributed by atoms with Gasteiger partial charge in [0.25, 0.3) is 5.91 Å². The van der Waals surface area contributed by atoms with Crippen LogP contribution in [0.3, 0.4) is 0 Å². The first kappa shape index (κ1) is 14.9. The Morgan fingerprint density at radius 2 is 1.95 bits per heavy atom. The Hall–Kier alpha value is -2.00. The van der Waals surface area contributed by atoms with Gasteiger partial charge in [0, 0.05) is 16.6 Å². The van der Waals surface area contributed by atoms with E-state index in [1.807, 2.05) is 43.3 Å². The van der Waals surface area contributed by atoms with Crippen molar-refractivity contribution < 1.29 is 9.53 Å². The van der Waals surface area contributed by atoms with E-state index in [0.717, 1.165) is 24.0 Å². The summed E-state index contributed by atoms with van der Waals surface area (Å²) in [5, 5.41) is 3.67. The summed E-state index contributed by atoms with van der Waals surface area (Å²) in [6.07, 6.45) is 1.45. The molecular formula is C18H18ClNO2. The molecule has 0 saturated heterocycles. The van der Waals surface area contributed by atoms with E-state index >= 15 is 0 Å². The van der Waals surface area contributed by atoms with Crippen molar-refractivity contribution in [2.45, 2.75) is 31.9 Å². The zero-order valence-corrected chi connectivity index (χ0v) is 13.1. The fraction of sp³-hybridized carbons (Fsp3) is 0.278. The maximum atomic E-state index is 12.5. The van der Waals surface area contributed by atoms with Gasteiger partial charge in [0.05, 0.1) is 0 Å². The molecule has 3 nitrogen and oxygen atoms in total. The normalized spacial score (nSPS) is 15.2. The predicted molar refractivity (Wildman–Crippen MR) is 87.2 cm³/mol. The standard InChI is InChI=1S/C18H18ClNO2/c1-12-11-14(19)7-10-16(12)22-17(13-5-3-2-4-6-13)18(21)20-15-8-9-15/h2-7,10-11,15,17H,8-9H2,1H3,(H,20,21). The van der Waals surface area contributed by atoms with Gasteiger partial charge in [0.2, 0.25) is 6.10 Å². The highest BCUT2D eigenvalue weighted by molar-refractivity contribution is 6.30. The zero-order valence-electron chi connectivity index (χ0n) is 12.4. The number of hydrogen-bond acceptors (Lipinski definition) is 2. The van der Waals surface area contributed by atoms with Gasteiger partial charge in [-0.05, 0) is 43.5 Å². The second-order valence-corrected chi connectivity index (χ2v) is 6.04. The van der Waals surface area contributed by atoms with E-state index in [1.165, 1.54) is 0 Å². The topological polar surface area (TPSA) is 38.3 Å². The molecule has 0 aliphatic heterocycles. The molecule has 0 bridgehead atoms. The quantitative estimate of drug-likeness (QED) is 0.904. The Labute approximate surface area is 135 Å². The van der Waals surface area contributed by atoms with Crippen LogP contribution in [0, 0.1) is 6.92 Å². The molecule has 1 atom stereocenters. The monoisotopic (exact) mass is 315 g/mol. The van der Waals surface area contributed by atoms with E-state index in [4.69, 9.17) is 16.3 Å². The fourth-order valence-corrected chi connectivity index (χ4v) is 2.50. The van der Waals surface area contributed by atoms with E-state index in [0.29, 0.717) is 16.8 Å². The lowest BCUT2D eigenvalue weighted by Gasteiger charge is -2.20. The van der Waals surface area contributed by atoms with E-state index in [2.05, 4.69) is 5.32 Å². The molecule has 1 saturated carbocycles.